The number of hydrogen-bond acceptors (Lipinski definition) is 7. The zero-order valence-corrected chi connectivity index (χ0v) is 24.8. The van der Waals surface area contributed by atoms with E-state index in [0.29, 0.717) is 28.6 Å². The number of nitrogens with zero attached hydrogens (tertiary/aromatic N) is 6. The molecule has 5 aromatic rings. The molecule has 0 bridgehead atoms. The number of sulfone groups is 1. The second kappa shape index (κ2) is 11.9. The number of aromatic nitrogens is 6. The lowest BCUT2D eigenvalue weighted by Crippen LogP contribution is -2.41. The lowest BCUT2D eigenvalue weighted by molar-refractivity contribution is -0.130. The molecule has 0 radical (unpaired) electrons. The number of carbonyl (C=O) groups is 1. The van der Waals surface area contributed by atoms with Crippen LogP contribution in [0.25, 0.3) is 23.0 Å². The van der Waals surface area contributed by atoms with E-state index in [1.165, 1.54) is 17.3 Å². The van der Waals surface area contributed by atoms with Gasteiger partial charge in [-0.25, -0.2) is 13.4 Å². The van der Waals surface area contributed by atoms with E-state index in [1.807, 2.05) is 23.1 Å². The van der Waals surface area contributed by atoms with Gasteiger partial charge >= 0.3 is 0 Å². The second-order valence-corrected chi connectivity index (χ2v) is 12.9. The molecule has 1 amide bonds. The SMILES string of the molecule is CS(=O)(=O)c1ccc(-c2cnc(C3C(c4ccccc4)CCCN3C(=O)C=Cc3cc(Cl)ccc3-n3cnnn3)[nH]2)cc1. The molecule has 1 aliphatic rings. The number of carbonyl (C=O) groups excluding carboxylic acids is 1. The fraction of sp³-hybridized carbons (Fsp3) is 0.194. The van der Waals surface area contributed by atoms with Crippen LogP contribution in [-0.4, -0.2) is 62.2 Å². The van der Waals surface area contributed by atoms with Crippen LogP contribution in [0.1, 0.15) is 41.8 Å². The minimum absolute atomic E-state index is 0.0156. The number of H-pyrrole nitrogens is 1. The molecule has 2 unspecified atom stereocenters. The number of amides is 1. The van der Waals surface area contributed by atoms with Crippen LogP contribution in [0.2, 0.25) is 5.02 Å². The molecule has 0 spiro atoms. The van der Waals surface area contributed by atoms with E-state index < -0.39 is 9.84 Å². The van der Waals surface area contributed by atoms with Gasteiger partial charge in [-0.3, -0.25) is 4.79 Å². The van der Waals surface area contributed by atoms with Crippen molar-refractivity contribution in [2.45, 2.75) is 29.7 Å². The van der Waals surface area contributed by atoms with Gasteiger partial charge in [0.05, 0.1) is 28.5 Å². The van der Waals surface area contributed by atoms with E-state index in [2.05, 4.69) is 32.6 Å². The van der Waals surface area contributed by atoms with Gasteiger partial charge in [0.25, 0.3) is 0 Å². The summed E-state index contributed by atoms with van der Waals surface area (Å²) in [6.07, 6.45) is 9.39. The molecular formula is C31H28ClN7O3S. The van der Waals surface area contributed by atoms with Gasteiger partial charge < -0.3 is 9.88 Å². The maximum absolute atomic E-state index is 13.9. The molecule has 0 aliphatic carbocycles. The first-order valence-corrected chi connectivity index (χ1v) is 16.0. The van der Waals surface area contributed by atoms with Crippen molar-refractivity contribution < 1.29 is 13.2 Å². The lowest BCUT2D eigenvalue weighted by Gasteiger charge is -2.40. The van der Waals surface area contributed by atoms with Crippen molar-refractivity contribution in [3.05, 3.63) is 113 Å². The second-order valence-electron chi connectivity index (χ2n) is 10.4. The van der Waals surface area contributed by atoms with Crippen molar-refractivity contribution in [1.29, 1.82) is 0 Å². The molecule has 6 rings (SSSR count). The highest BCUT2D eigenvalue weighted by Crippen LogP contribution is 2.42. The Bertz CT molecular complexity index is 1870. The number of imidazole rings is 1. The maximum atomic E-state index is 13.9. The summed E-state index contributed by atoms with van der Waals surface area (Å²) < 4.78 is 25.4. The Balaban J connectivity index is 1.34. The third-order valence-electron chi connectivity index (χ3n) is 7.60. The first-order chi connectivity index (χ1) is 20.8. The van der Waals surface area contributed by atoms with Gasteiger partial charge in [-0.2, -0.15) is 4.68 Å². The van der Waals surface area contributed by atoms with Crippen LogP contribution in [0.15, 0.2) is 96.3 Å². The van der Waals surface area contributed by atoms with Gasteiger partial charge in [0.1, 0.15) is 12.2 Å². The summed E-state index contributed by atoms with van der Waals surface area (Å²) in [5.41, 5.74) is 4.04. The highest BCUT2D eigenvalue weighted by atomic mass is 35.5. The predicted molar refractivity (Wildman–Crippen MR) is 163 cm³/mol. The summed E-state index contributed by atoms with van der Waals surface area (Å²) in [4.78, 5) is 24.2. The maximum Gasteiger partial charge on any atom is 0.247 e. The quantitative estimate of drug-likeness (QED) is 0.248. The zero-order chi connectivity index (χ0) is 30.0. The van der Waals surface area contributed by atoms with Gasteiger partial charge in [-0.1, -0.05) is 54.1 Å². The van der Waals surface area contributed by atoms with Crippen molar-refractivity contribution in [1.82, 2.24) is 35.1 Å². The molecule has 1 N–H and O–H groups in total. The van der Waals surface area contributed by atoms with Gasteiger partial charge in [0, 0.05) is 35.4 Å². The Morgan fingerprint density at radius 2 is 1.86 bits per heavy atom. The summed E-state index contributed by atoms with van der Waals surface area (Å²) in [6.45, 7) is 0.561. The summed E-state index contributed by atoms with van der Waals surface area (Å²) in [6, 6.07) is 21.8. The van der Waals surface area contributed by atoms with Gasteiger partial charge in [-0.15, -0.1) is 5.10 Å². The van der Waals surface area contributed by atoms with Crippen LogP contribution in [0, 0.1) is 0 Å². The summed E-state index contributed by atoms with van der Waals surface area (Å²) in [5, 5.41) is 11.9. The highest BCUT2D eigenvalue weighted by Gasteiger charge is 2.37. The van der Waals surface area contributed by atoms with Crippen molar-refractivity contribution in [3.8, 4) is 16.9 Å². The zero-order valence-electron chi connectivity index (χ0n) is 23.2. The van der Waals surface area contributed by atoms with Crippen LogP contribution in [0.4, 0.5) is 0 Å². The molecule has 10 nitrogen and oxygen atoms in total. The van der Waals surface area contributed by atoms with E-state index in [4.69, 9.17) is 16.6 Å². The Kier molecular flexibility index (Phi) is 7.92. The molecular weight excluding hydrogens is 586 g/mol. The lowest BCUT2D eigenvalue weighted by atomic mass is 9.83. The van der Waals surface area contributed by atoms with Crippen molar-refractivity contribution >= 4 is 33.4 Å². The van der Waals surface area contributed by atoms with Crippen LogP contribution < -0.4 is 0 Å². The normalized spacial score (nSPS) is 17.4. The fourth-order valence-electron chi connectivity index (χ4n) is 5.54. The van der Waals surface area contributed by atoms with E-state index >= 15 is 0 Å². The predicted octanol–water partition coefficient (Wildman–Crippen LogP) is 5.27. The third kappa shape index (κ3) is 6.13. The third-order valence-corrected chi connectivity index (χ3v) is 8.97. The fourth-order valence-corrected chi connectivity index (χ4v) is 6.35. The molecule has 12 heteroatoms. The Hall–Kier alpha value is -4.61. The number of piperidine rings is 1. The first kappa shape index (κ1) is 28.5. The molecule has 1 fully saturated rings. The Morgan fingerprint density at radius 1 is 1.07 bits per heavy atom. The first-order valence-electron chi connectivity index (χ1n) is 13.7. The van der Waals surface area contributed by atoms with E-state index in [-0.39, 0.29) is 22.8 Å². The average molecular weight is 614 g/mol. The molecule has 2 atom stereocenters. The monoisotopic (exact) mass is 613 g/mol. The molecule has 2 aromatic heterocycles. The smallest absolute Gasteiger partial charge is 0.247 e. The number of rotatable bonds is 7. The van der Waals surface area contributed by atoms with E-state index in [0.717, 1.165) is 29.7 Å². The molecule has 218 valence electrons. The van der Waals surface area contributed by atoms with Crippen molar-refractivity contribution in [2.75, 3.05) is 12.8 Å². The minimum atomic E-state index is -3.31. The highest BCUT2D eigenvalue weighted by molar-refractivity contribution is 7.90. The summed E-state index contributed by atoms with van der Waals surface area (Å²) in [7, 11) is -3.31. The summed E-state index contributed by atoms with van der Waals surface area (Å²) >= 11 is 6.28. The van der Waals surface area contributed by atoms with Crippen LogP contribution in [0.3, 0.4) is 0 Å². The number of halogens is 1. The standard InChI is InChI=1S/C31H28ClN7O3S/c1-43(41,42)25-13-9-22(10-14-25)27-19-33-31(35-27)30-26(21-6-3-2-4-7-21)8-5-17-38(30)29(40)16-11-23-18-24(32)12-15-28(23)39-20-34-36-37-39/h2-4,6-7,9-16,18-20,26,30H,5,8,17H2,1H3,(H,33,35). The molecule has 43 heavy (non-hydrogen) atoms. The van der Waals surface area contributed by atoms with Crippen LogP contribution in [-0.2, 0) is 14.6 Å². The molecule has 3 heterocycles. The molecule has 0 saturated carbocycles. The van der Waals surface area contributed by atoms with Gasteiger partial charge in [0.15, 0.2) is 9.84 Å². The molecule has 3 aromatic carbocycles. The van der Waals surface area contributed by atoms with E-state index in [9.17, 15) is 13.2 Å². The van der Waals surface area contributed by atoms with E-state index in [1.54, 1.807) is 60.8 Å². The van der Waals surface area contributed by atoms with Gasteiger partial charge in [-0.05, 0) is 70.8 Å². The molecule has 1 saturated heterocycles. The topological polar surface area (TPSA) is 127 Å². The number of hydrogen-bond donors (Lipinski definition) is 1. The number of likely N-dealkylation sites (tertiary alicyclic amines) is 1. The largest absolute Gasteiger partial charge is 0.340 e. The number of tetrazole rings is 1. The van der Waals surface area contributed by atoms with Crippen LogP contribution in [0.5, 0.6) is 0 Å². The average Bonchev–Trinajstić information content (AvgIpc) is 3.73. The Morgan fingerprint density at radius 3 is 2.58 bits per heavy atom. The number of nitrogens with one attached hydrogen (secondary N) is 1. The number of benzene rings is 3. The number of aromatic amines is 1. The Labute approximate surface area is 254 Å². The van der Waals surface area contributed by atoms with Crippen molar-refractivity contribution in [2.24, 2.45) is 0 Å². The van der Waals surface area contributed by atoms with Crippen molar-refractivity contribution in [3.63, 3.8) is 0 Å². The molecule has 1 aliphatic heterocycles. The van der Waals surface area contributed by atoms with Gasteiger partial charge in [0.2, 0.25) is 5.91 Å². The summed E-state index contributed by atoms with van der Waals surface area (Å²) in [5.74, 6) is 0.514. The minimum Gasteiger partial charge on any atom is -0.340 e. The van der Waals surface area contributed by atoms with Crippen LogP contribution >= 0.6 is 11.6 Å².